The molecule has 5 heteroatoms. The van der Waals surface area contributed by atoms with Gasteiger partial charge in [0.15, 0.2) is 11.5 Å². The van der Waals surface area contributed by atoms with Crippen molar-refractivity contribution in [3.8, 4) is 23.0 Å². The van der Waals surface area contributed by atoms with Crippen LogP contribution in [-0.4, -0.2) is 27.3 Å². The Bertz CT molecular complexity index is 466. The molecule has 2 rings (SSSR count). The summed E-state index contributed by atoms with van der Waals surface area (Å²) in [6.07, 6.45) is 0. The van der Waals surface area contributed by atoms with Crippen molar-refractivity contribution in [1.82, 2.24) is 0 Å². The molecule has 0 bridgehead atoms. The lowest BCUT2D eigenvalue weighted by molar-refractivity contribution is -0.133. The van der Waals surface area contributed by atoms with Gasteiger partial charge >= 0.3 is 5.97 Å². The predicted octanol–water partition coefficient (Wildman–Crippen LogP) is 1.73. The van der Waals surface area contributed by atoms with Crippen LogP contribution >= 0.6 is 0 Å². The van der Waals surface area contributed by atoms with Crippen LogP contribution in [0.25, 0.3) is 0 Å². The Morgan fingerprint density at radius 3 is 2.29 bits per heavy atom. The number of carbonyl (C=O) groups excluding carboxylic acids is 1. The molecule has 5 nitrogen and oxygen atoms in total. The Hall–Kier alpha value is -1.91. The van der Waals surface area contributed by atoms with Gasteiger partial charge in [0.1, 0.15) is 5.75 Å². The molecule has 1 aromatic rings. The van der Waals surface area contributed by atoms with Crippen LogP contribution in [0.3, 0.4) is 0 Å². The van der Waals surface area contributed by atoms with Crippen molar-refractivity contribution in [2.45, 2.75) is 12.8 Å². The first-order valence-electron chi connectivity index (χ1n) is 5.18. The Balaban J connectivity index is 2.69. The SMILES string of the molecule is COc1cc2c(c(OC)c1OC)C(C)C(=O)O2. The van der Waals surface area contributed by atoms with E-state index in [1.165, 1.54) is 21.3 Å². The van der Waals surface area contributed by atoms with E-state index in [-0.39, 0.29) is 11.9 Å². The summed E-state index contributed by atoms with van der Waals surface area (Å²) in [6.45, 7) is 1.77. The zero-order valence-corrected chi connectivity index (χ0v) is 10.2. The van der Waals surface area contributed by atoms with Crippen LogP contribution in [-0.2, 0) is 4.79 Å². The fraction of sp³-hybridized carbons (Fsp3) is 0.417. The summed E-state index contributed by atoms with van der Waals surface area (Å²) < 4.78 is 20.9. The number of benzene rings is 1. The summed E-state index contributed by atoms with van der Waals surface area (Å²) in [5.41, 5.74) is 0.704. The first-order valence-corrected chi connectivity index (χ1v) is 5.18. The van der Waals surface area contributed by atoms with Crippen molar-refractivity contribution >= 4 is 5.97 Å². The summed E-state index contributed by atoms with van der Waals surface area (Å²) in [6, 6.07) is 1.64. The molecule has 0 fully saturated rings. The fourth-order valence-electron chi connectivity index (χ4n) is 1.97. The fourth-order valence-corrected chi connectivity index (χ4v) is 1.97. The predicted molar refractivity (Wildman–Crippen MR) is 60.1 cm³/mol. The molecule has 1 atom stereocenters. The van der Waals surface area contributed by atoms with Gasteiger partial charge in [0.25, 0.3) is 0 Å². The van der Waals surface area contributed by atoms with Crippen LogP contribution in [0.1, 0.15) is 18.4 Å². The van der Waals surface area contributed by atoms with E-state index in [1.54, 1.807) is 13.0 Å². The number of fused-ring (bicyclic) bond motifs is 1. The summed E-state index contributed by atoms with van der Waals surface area (Å²) in [5.74, 6) is 1.24. The van der Waals surface area contributed by atoms with Crippen LogP contribution in [0.15, 0.2) is 6.07 Å². The lowest BCUT2D eigenvalue weighted by Crippen LogP contribution is -2.06. The second-order valence-electron chi connectivity index (χ2n) is 3.70. The van der Waals surface area contributed by atoms with Gasteiger partial charge in [-0.3, -0.25) is 4.79 Å². The molecule has 0 saturated heterocycles. The number of methoxy groups -OCH3 is 3. The Morgan fingerprint density at radius 1 is 1.12 bits per heavy atom. The van der Waals surface area contributed by atoms with Crippen molar-refractivity contribution in [2.75, 3.05) is 21.3 Å². The highest BCUT2D eigenvalue weighted by molar-refractivity contribution is 5.88. The molecular weight excluding hydrogens is 224 g/mol. The normalized spacial score (nSPS) is 17.4. The number of esters is 1. The lowest BCUT2D eigenvalue weighted by atomic mass is 10.0. The molecular formula is C12H14O5. The second-order valence-corrected chi connectivity index (χ2v) is 3.70. The van der Waals surface area contributed by atoms with Crippen molar-refractivity contribution in [3.63, 3.8) is 0 Å². The molecule has 0 amide bonds. The number of carbonyl (C=O) groups is 1. The molecule has 1 aliphatic heterocycles. The number of hydrogen-bond acceptors (Lipinski definition) is 5. The van der Waals surface area contributed by atoms with Crippen molar-refractivity contribution in [2.24, 2.45) is 0 Å². The smallest absolute Gasteiger partial charge is 0.318 e. The minimum Gasteiger partial charge on any atom is -0.493 e. The molecule has 0 spiro atoms. The van der Waals surface area contributed by atoms with Gasteiger partial charge in [0.2, 0.25) is 5.75 Å². The Kier molecular flexibility index (Phi) is 2.83. The Morgan fingerprint density at radius 2 is 1.76 bits per heavy atom. The van der Waals surface area contributed by atoms with E-state index in [4.69, 9.17) is 18.9 Å². The number of ether oxygens (including phenoxy) is 4. The number of hydrogen-bond donors (Lipinski definition) is 0. The highest BCUT2D eigenvalue weighted by Crippen LogP contribution is 2.50. The average Bonchev–Trinajstić information content (AvgIpc) is 2.62. The Labute approximate surface area is 99.2 Å². The van der Waals surface area contributed by atoms with Crippen LogP contribution in [0.2, 0.25) is 0 Å². The van der Waals surface area contributed by atoms with Gasteiger partial charge in [-0.1, -0.05) is 0 Å². The highest BCUT2D eigenvalue weighted by Gasteiger charge is 2.36. The summed E-state index contributed by atoms with van der Waals surface area (Å²) in [7, 11) is 4.56. The zero-order valence-electron chi connectivity index (χ0n) is 10.2. The van der Waals surface area contributed by atoms with Gasteiger partial charge in [-0.2, -0.15) is 0 Å². The maximum Gasteiger partial charge on any atom is 0.318 e. The van der Waals surface area contributed by atoms with E-state index >= 15 is 0 Å². The van der Waals surface area contributed by atoms with Crippen LogP contribution < -0.4 is 18.9 Å². The highest BCUT2D eigenvalue weighted by atomic mass is 16.6. The van der Waals surface area contributed by atoms with E-state index in [0.717, 1.165) is 0 Å². The third-order valence-corrected chi connectivity index (χ3v) is 2.83. The lowest BCUT2D eigenvalue weighted by Gasteiger charge is -2.15. The minimum absolute atomic E-state index is 0.298. The largest absolute Gasteiger partial charge is 0.493 e. The van der Waals surface area contributed by atoms with E-state index in [9.17, 15) is 4.79 Å². The molecule has 0 radical (unpaired) electrons. The van der Waals surface area contributed by atoms with Crippen LogP contribution in [0.4, 0.5) is 0 Å². The topological polar surface area (TPSA) is 54.0 Å². The molecule has 0 aliphatic carbocycles. The van der Waals surface area contributed by atoms with Crippen molar-refractivity contribution in [1.29, 1.82) is 0 Å². The monoisotopic (exact) mass is 238 g/mol. The zero-order chi connectivity index (χ0) is 12.6. The average molecular weight is 238 g/mol. The summed E-state index contributed by atoms with van der Waals surface area (Å²) in [5, 5.41) is 0. The maximum absolute atomic E-state index is 11.5. The summed E-state index contributed by atoms with van der Waals surface area (Å²) >= 11 is 0. The van der Waals surface area contributed by atoms with Gasteiger partial charge < -0.3 is 18.9 Å². The third kappa shape index (κ3) is 1.58. The minimum atomic E-state index is -0.361. The molecule has 17 heavy (non-hydrogen) atoms. The second kappa shape index (κ2) is 4.16. The van der Waals surface area contributed by atoms with Crippen molar-refractivity contribution in [3.05, 3.63) is 11.6 Å². The van der Waals surface area contributed by atoms with E-state index in [2.05, 4.69) is 0 Å². The molecule has 92 valence electrons. The van der Waals surface area contributed by atoms with E-state index in [1.807, 2.05) is 0 Å². The van der Waals surface area contributed by atoms with Gasteiger partial charge in [-0.15, -0.1) is 0 Å². The van der Waals surface area contributed by atoms with Gasteiger partial charge in [-0.05, 0) is 6.92 Å². The van der Waals surface area contributed by atoms with Gasteiger partial charge in [0, 0.05) is 6.07 Å². The van der Waals surface area contributed by atoms with Crippen molar-refractivity contribution < 1.29 is 23.7 Å². The quantitative estimate of drug-likeness (QED) is 0.593. The molecule has 1 aromatic carbocycles. The third-order valence-electron chi connectivity index (χ3n) is 2.83. The van der Waals surface area contributed by atoms with E-state index < -0.39 is 0 Å². The molecule has 1 aliphatic rings. The first-order chi connectivity index (χ1) is 8.13. The van der Waals surface area contributed by atoms with Gasteiger partial charge in [-0.25, -0.2) is 0 Å². The van der Waals surface area contributed by atoms with E-state index in [0.29, 0.717) is 28.6 Å². The summed E-state index contributed by atoms with van der Waals surface area (Å²) in [4.78, 5) is 11.5. The molecule has 1 unspecified atom stereocenters. The molecule has 0 N–H and O–H groups in total. The maximum atomic E-state index is 11.5. The standard InChI is InChI=1S/C12H14O5/c1-6-9-7(17-12(6)13)5-8(14-2)10(15-3)11(9)16-4/h5-6H,1-4H3. The van der Waals surface area contributed by atoms with Gasteiger partial charge in [0.05, 0.1) is 32.8 Å². The number of rotatable bonds is 3. The molecule has 1 heterocycles. The first kappa shape index (κ1) is 11.6. The molecule has 0 aromatic heterocycles. The van der Waals surface area contributed by atoms with Crippen LogP contribution in [0.5, 0.6) is 23.0 Å². The molecule has 0 saturated carbocycles. The van der Waals surface area contributed by atoms with Crippen LogP contribution in [0, 0.1) is 0 Å².